The van der Waals surface area contributed by atoms with Gasteiger partial charge in [0.15, 0.2) is 0 Å². The standard InChI is InChI=1S/C10H13N3O2/c1-13(2)9(14)7-12-10(15)8-4-3-5-11-6-8/h3-6H,7H2,1-2H3,(H,12,15). The maximum atomic E-state index is 11.4. The van der Waals surface area contributed by atoms with Gasteiger partial charge in [0.25, 0.3) is 5.91 Å². The first kappa shape index (κ1) is 11.2. The molecule has 1 rings (SSSR count). The highest BCUT2D eigenvalue weighted by atomic mass is 16.2. The molecule has 0 aliphatic carbocycles. The topological polar surface area (TPSA) is 62.3 Å². The molecule has 1 aromatic rings. The van der Waals surface area contributed by atoms with E-state index in [0.717, 1.165) is 0 Å². The van der Waals surface area contributed by atoms with Crippen LogP contribution in [0.5, 0.6) is 0 Å². The van der Waals surface area contributed by atoms with E-state index in [-0.39, 0.29) is 18.4 Å². The molecule has 0 spiro atoms. The minimum Gasteiger partial charge on any atom is -0.347 e. The van der Waals surface area contributed by atoms with E-state index in [9.17, 15) is 9.59 Å². The number of carbonyl (C=O) groups is 2. The lowest BCUT2D eigenvalue weighted by molar-refractivity contribution is -0.127. The van der Waals surface area contributed by atoms with E-state index >= 15 is 0 Å². The molecule has 5 nitrogen and oxygen atoms in total. The molecule has 0 saturated carbocycles. The first-order valence-corrected chi connectivity index (χ1v) is 4.49. The summed E-state index contributed by atoms with van der Waals surface area (Å²) in [5.74, 6) is -0.439. The van der Waals surface area contributed by atoms with Gasteiger partial charge >= 0.3 is 0 Å². The van der Waals surface area contributed by atoms with Gasteiger partial charge in [-0.1, -0.05) is 0 Å². The highest BCUT2D eigenvalue weighted by Gasteiger charge is 2.08. The lowest BCUT2D eigenvalue weighted by atomic mass is 10.3. The summed E-state index contributed by atoms with van der Waals surface area (Å²) in [5, 5.41) is 2.51. The third-order valence-corrected chi connectivity index (χ3v) is 1.82. The van der Waals surface area contributed by atoms with Crippen LogP contribution in [0.2, 0.25) is 0 Å². The van der Waals surface area contributed by atoms with Crippen LogP contribution in [0.1, 0.15) is 10.4 Å². The van der Waals surface area contributed by atoms with E-state index < -0.39 is 0 Å². The number of carbonyl (C=O) groups excluding carboxylic acids is 2. The molecule has 0 aliphatic rings. The first-order valence-electron chi connectivity index (χ1n) is 4.49. The van der Waals surface area contributed by atoms with Gasteiger partial charge < -0.3 is 10.2 Å². The molecule has 0 aromatic carbocycles. The molecule has 0 bridgehead atoms. The van der Waals surface area contributed by atoms with Gasteiger partial charge in [-0.3, -0.25) is 14.6 Å². The zero-order valence-corrected chi connectivity index (χ0v) is 8.73. The van der Waals surface area contributed by atoms with Gasteiger partial charge in [-0.2, -0.15) is 0 Å². The highest BCUT2D eigenvalue weighted by molar-refractivity contribution is 5.96. The number of pyridine rings is 1. The molecule has 0 fully saturated rings. The lowest BCUT2D eigenvalue weighted by Crippen LogP contribution is -2.36. The van der Waals surface area contributed by atoms with Crippen molar-refractivity contribution in [3.05, 3.63) is 30.1 Å². The SMILES string of the molecule is CN(C)C(=O)CNC(=O)c1cccnc1. The zero-order valence-electron chi connectivity index (χ0n) is 8.73. The van der Waals surface area contributed by atoms with E-state index in [1.54, 1.807) is 32.4 Å². The van der Waals surface area contributed by atoms with Crippen LogP contribution >= 0.6 is 0 Å². The number of amides is 2. The van der Waals surface area contributed by atoms with E-state index in [4.69, 9.17) is 0 Å². The van der Waals surface area contributed by atoms with Crippen molar-refractivity contribution in [2.75, 3.05) is 20.6 Å². The van der Waals surface area contributed by atoms with Crippen LogP contribution < -0.4 is 5.32 Å². The van der Waals surface area contributed by atoms with Crippen molar-refractivity contribution in [2.45, 2.75) is 0 Å². The van der Waals surface area contributed by atoms with Gasteiger partial charge in [0.2, 0.25) is 5.91 Å². The quantitative estimate of drug-likeness (QED) is 0.752. The van der Waals surface area contributed by atoms with Crippen molar-refractivity contribution in [3.8, 4) is 0 Å². The number of nitrogens with one attached hydrogen (secondary N) is 1. The van der Waals surface area contributed by atoms with Gasteiger partial charge in [-0.05, 0) is 12.1 Å². The number of likely N-dealkylation sites (N-methyl/N-ethyl adjacent to an activating group) is 1. The molecule has 0 atom stereocenters. The van der Waals surface area contributed by atoms with Crippen molar-refractivity contribution < 1.29 is 9.59 Å². The van der Waals surface area contributed by atoms with Gasteiger partial charge in [-0.25, -0.2) is 0 Å². The second kappa shape index (κ2) is 5.09. The Morgan fingerprint density at radius 1 is 1.47 bits per heavy atom. The molecule has 15 heavy (non-hydrogen) atoms. The van der Waals surface area contributed by atoms with E-state index in [2.05, 4.69) is 10.3 Å². The van der Waals surface area contributed by atoms with Gasteiger partial charge in [0, 0.05) is 26.5 Å². The molecule has 1 aromatic heterocycles. The Balaban J connectivity index is 2.48. The molecule has 0 unspecified atom stereocenters. The summed E-state index contributed by atoms with van der Waals surface area (Å²) < 4.78 is 0. The van der Waals surface area contributed by atoms with Crippen molar-refractivity contribution in [1.82, 2.24) is 15.2 Å². The molecule has 2 amide bonds. The summed E-state index contributed by atoms with van der Waals surface area (Å²) >= 11 is 0. The molecule has 5 heteroatoms. The summed E-state index contributed by atoms with van der Waals surface area (Å²) in [7, 11) is 3.27. The number of hydrogen-bond acceptors (Lipinski definition) is 3. The molecule has 0 saturated heterocycles. The maximum Gasteiger partial charge on any atom is 0.253 e. The van der Waals surface area contributed by atoms with Crippen molar-refractivity contribution in [3.63, 3.8) is 0 Å². The third kappa shape index (κ3) is 3.38. The molecule has 0 aliphatic heterocycles. The molecular weight excluding hydrogens is 194 g/mol. The van der Waals surface area contributed by atoms with Crippen LogP contribution in [0.3, 0.4) is 0 Å². The summed E-state index contributed by atoms with van der Waals surface area (Å²) in [5.41, 5.74) is 0.448. The Morgan fingerprint density at radius 2 is 2.20 bits per heavy atom. The fraction of sp³-hybridized carbons (Fsp3) is 0.300. The second-order valence-corrected chi connectivity index (χ2v) is 3.21. The Hall–Kier alpha value is -1.91. The number of nitrogens with zero attached hydrogens (tertiary/aromatic N) is 2. The van der Waals surface area contributed by atoms with Crippen LogP contribution in [-0.2, 0) is 4.79 Å². The summed E-state index contributed by atoms with van der Waals surface area (Å²) in [4.78, 5) is 27.9. The van der Waals surface area contributed by atoms with E-state index in [1.807, 2.05) is 0 Å². The fourth-order valence-electron chi connectivity index (χ4n) is 0.913. The average molecular weight is 207 g/mol. The monoisotopic (exact) mass is 207 g/mol. The van der Waals surface area contributed by atoms with Crippen LogP contribution in [0.25, 0.3) is 0 Å². The average Bonchev–Trinajstić information content (AvgIpc) is 2.26. The first-order chi connectivity index (χ1) is 7.11. The number of aromatic nitrogens is 1. The minimum atomic E-state index is -0.293. The third-order valence-electron chi connectivity index (χ3n) is 1.82. The molecule has 80 valence electrons. The minimum absolute atomic E-state index is 0.000722. The van der Waals surface area contributed by atoms with E-state index in [0.29, 0.717) is 5.56 Å². The normalized spacial score (nSPS) is 9.47. The van der Waals surface area contributed by atoms with E-state index in [1.165, 1.54) is 11.1 Å². The largest absolute Gasteiger partial charge is 0.347 e. The molecule has 1 N–H and O–H groups in total. The van der Waals surface area contributed by atoms with Crippen LogP contribution in [-0.4, -0.2) is 42.3 Å². The maximum absolute atomic E-state index is 11.4. The van der Waals surface area contributed by atoms with Gasteiger partial charge in [0.05, 0.1) is 12.1 Å². The van der Waals surface area contributed by atoms with Crippen LogP contribution in [0.15, 0.2) is 24.5 Å². The Morgan fingerprint density at radius 3 is 2.73 bits per heavy atom. The van der Waals surface area contributed by atoms with Crippen molar-refractivity contribution in [1.29, 1.82) is 0 Å². The lowest BCUT2D eigenvalue weighted by Gasteiger charge is -2.10. The molecule has 1 heterocycles. The van der Waals surface area contributed by atoms with Crippen molar-refractivity contribution >= 4 is 11.8 Å². The Kier molecular flexibility index (Phi) is 3.79. The number of rotatable bonds is 3. The Bertz CT molecular complexity index is 349. The summed E-state index contributed by atoms with van der Waals surface area (Å²) in [6.45, 7) is 0.000722. The highest BCUT2D eigenvalue weighted by Crippen LogP contribution is 1.94. The number of hydrogen-bond donors (Lipinski definition) is 1. The predicted octanol–water partition coefficient (Wildman–Crippen LogP) is -0.100. The predicted molar refractivity (Wildman–Crippen MR) is 55.3 cm³/mol. The Labute approximate surface area is 88.1 Å². The van der Waals surface area contributed by atoms with Crippen LogP contribution in [0, 0.1) is 0 Å². The van der Waals surface area contributed by atoms with Crippen molar-refractivity contribution in [2.24, 2.45) is 0 Å². The fourth-order valence-corrected chi connectivity index (χ4v) is 0.913. The molecule has 0 radical (unpaired) electrons. The summed E-state index contributed by atoms with van der Waals surface area (Å²) in [6.07, 6.45) is 3.04. The van der Waals surface area contributed by atoms with Gasteiger partial charge in [-0.15, -0.1) is 0 Å². The molecular formula is C10H13N3O2. The van der Waals surface area contributed by atoms with Crippen LogP contribution in [0.4, 0.5) is 0 Å². The second-order valence-electron chi connectivity index (χ2n) is 3.21. The van der Waals surface area contributed by atoms with Gasteiger partial charge in [0.1, 0.15) is 0 Å². The summed E-state index contributed by atoms with van der Waals surface area (Å²) in [6, 6.07) is 3.31. The zero-order chi connectivity index (χ0) is 11.3. The smallest absolute Gasteiger partial charge is 0.253 e.